The van der Waals surface area contributed by atoms with Crippen LogP contribution in [0.25, 0.3) is 0 Å². The molecule has 0 bridgehead atoms. The zero-order valence-corrected chi connectivity index (χ0v) is 19.6. The van der Waals surface area contributed by atoms with Crippen LogP contribution in [0.15, 0.2) is 58.1 Å². The zero-order valence-electron chi connectivity index (χ0n) is 17.3. The number of urea groups is 1. The third-order valence-electron chi connectivity index (χ3n) is 4.86. The van der Waals surface area contributed by atoms with Gasteiger partial charge in [-0.25, -0.2) is 14.7 Å². The molecule has 0 N–H and O–H groups in total. The fourth-order valence-electron chi connectivity index (χ4n) is 3.32. The Labute approximate surface area is 193 Å². The number of nitrogens with zero attached hydrogens (tertiary/aromatic N) is 3. The first-order valence-electron chi connectivity index (χ1n) is 9.57. The summed E-state index contributed by atoms with van der Waals surface area (Å²) in [5.41, 5.74) is 0.194. The van der Waals surface area contributed by atoms with Crippen LogP contribution in [0.3, 0.4) is 0 Å². The summed E-state index contributed by atoms with van der Waals surface area (Å²) in [4.78, 5) is 39.5. The van der Waals surface area contributed by atoms with E-state index in [0.29, 0.717) is 22.0 Å². The molecule has 0 radical (unpaired) electrons. The minimum atomic E-state index is -1.21. The Kier molecular flexibility index (Phi) is 6.81. The molecule has 0 saturated carbocycles. The maximum absolute atomic E-state index is 13.3. The maximum Gasteiger partial charge on any atom is 0.351 e. The highest BCUT2D eigenvalue weighted by Gasteiger charge is 2.49. The van der Waals surface area contributed by atoms with Crippen LogP contribution in [0.5, 0.6) is 0 Å². The molecule has 1 atom stereocenters. The van der Waals surface area contributed by atoms with Gasteiger partial charge < -0.3 is 4.74 Å². The maximum atomic E-state index is 13.3. The molecule has 0 saturated heterocycles. The standard InChI is InChI=1S/C22H21BrClN3O4/c1-4-31-20(29)22(3)13-26(25-19(22)15-5-9-17(24)10-6-15)21(30)27(14(2)28)18-11-7-16(23)8-12-18/h5-12H,4,13H2,1-3H3. The summed E-state index contributed by atoms with van der Waals surface area (Å²) in [5, 5.41) is 6.11. The topological polar surface area (TPSA) is 79.3 Å². The molecular formula is C22H21BrClN3O4. The quantitative estimate of drug-likeness (QED) is 0.555. The monoisotopic (exact) mass is 505 g/mol. The third kappa shape index (κ3) is 4.65. The minimum Gasteiger partial charge on any atom is -0.465 e. The van der Waals surface area contributed by atoms with E-state index in [1.54, 1.807) is 62.4 Å². The average molecular weight is 507 g/mol. The molecule has 0 aromatic heterocycles. The van der Waals surface area contributed by atoms with Crippen molar-refractivity contribution in [1.29, 1.82) is 0 Å². The van der Waals surface area contributed by atoms with E-state index < -0.39 is 23.3 Å². The smallest absolute Gasteiger partial charge is 0.351 e. The molecule has 0 spiro atoms. The Hall–Kier alpha value is -2.71. The summed E-state index contributed by atoms with van der Waals surface area (Å²) in [7, 11) is 0. The van der Waals surface area contributed by atoms with Gasteiger partial charge in [-0.2, -0.15) is 5.10 Å². The molecule has 9 heteroatoms. The molecule has 7 nitrogen and oxygen atoms in total. The van der Waals surface area contributed by atoms with Gasteiger partial charge in [-0.05, 0) is 55.8 Å². The fraction of sp³-hybridized carbons (Fsp3) is 0.273. The molecule has 0 fully saturated rings. The summed E-state index contributed by atoms with van der Waals surface area (Å²) >= 11 is 9.33. The number of hydrogen-bond donors (Lipinski definition) is 0. The van der Waals surface area contributed by atoms with Crippen molar-refractivity contribution < 1.29 is 19.1 Å². The molecule has 2 aromatic rings. The van der Waals surface area contributed by atoms with E-state index in [4.69, 9.17) is 16.3 Å². The lowest BCUT2D eigenvalue weighted by molar-refractivity contribution is -0.150. The normalized spacial score (nSPS) is 17.8. The first kappa shape index (κ1) is 23.0. The molecular weight excluding hydrogens is 486 g/mol. The van der Waals surface area contributed by atoms with Gasteiger partial charge in [0.15, 0.2) is 0 Å². The Bertz CT molecular complexity index is 1040. The Morgan fingerprint density at radius 3 is 2.32 bits per heavy atom. The highest BCUT2D eigenvalue weighted by Crippen LogP contribution is 2.34. The number of hydrogen-bond acceptors (Lipinski definition) is 5. The lowest BCUT2D eigenvalue weighted by Crippen LogP contribution is -2.46. The van der Waals surface area contributed by atoms with Crippen molar-refractivity contribution in [2.24, 2.45) is 10.5 Å². The highest BCUT2D eigenvalue weighted by atomic mass is 79.9. The van der Waals surface area contributed by atoms with Gasteiger partial charge in [-0.15, -0.1) is 0 Å². The second-order valence-corrected chi connectivity index (χ2v) is 8.53. The van der Waals surface area contributed by atoms with Crippen LogP contribution < -0.4 is 4.90 Å². The second kappa shape index (κ2) is 9.20. The van der Waals surface area contributed by atoms with Crippen LogP contribution in [0.1, 0.15) is 26.3 Å². The number of imide groups is 1. The van der Waals surface area contributed by atoms with Crippen molar-refractivity contribution >= 4 is 56.8 Å². The van der Waals surface area contributed by atoms with Crippen LogP contribution in [-0.4, -0.2) is 41.8 Å². The first-order valence-corrected chi connectivity index (χ1v) is 10.7. The molecule has 1 aliphatic heterocycles. The van der Waals surface area contributed by atoms with Crippen LogP contribution >= 0.6 is 27.5 Å². The van der Waals surface area contributed by atoms with E-state index in [9.17, 15) is 14.4 Å². The molecule has 3 amide bonds. The van der Waals surface area contributed by atoms with Gasteiger partial charge in [0.2, 0.25) is 5.91 Å². The predicted molar refractivity (Wildman–Crippen MR) is 122 cm³/mol. The van der Waals surface area contributed by atoms with Crippen molar-refractivity contribution in [3.63, 3.8) is 0 Å². The number of ether oxygens (including phenoxy) is 1. The molecule has 31 heavy (non-hydrogen) atoms. The molecule has 1 heterocycles. The molecule has 3 rings (SSSR count). The number of carbonyl (C=O) groups is 3. The predicted octanol–water partition coefficient (Wildman–Crippen LogP) is 4.86. The lowest BCUT2D eigenvalue weighted by Gasteiger charge is -2.26. The van der Waals surface area contributed by atoms with E-state index in [1.807, 2.05) is 0 Å². The third-order valence-corrected chi connectivity index (χ3v) is 5.65. The number of esters is 1. The highest BCUT2D eigenvalue weighted by molar-refractivity contribution is 9.10. The number of rotatable bonds is 4. The SMILES string of the molecule is CCOC(=O)C1(C)CN(C(=O)N(C(C)=O)c2ccc(Br)cc2)N=C1c1ccc(Cl)cc1. The molecule has 162 valence electrons. The number of benzene rings is 2. The van der Waals surface area contributed by atoms with Gasteiger partial charge in [0.25, 0.3) is 0 Å². The average Bonchev–Trinajstić information content (AvgIpc) is 3.09. The molecule has 1 aliphatic rings. The number of amides is 3. The Morgan fingerprint density at radius 1 is 1.16 bits per heavy atom. The van der Waals surface area contributed by atoms with Crippen molar-refractivity contribution in [1.82, 2.24) is 5.01 Å². The number of hydrazone groups is 1. The van der Waals surface area contributed by atoms with E-state index in [-0.39, 0.29) is 13.2 Å². The van der Waals surface area contributed by atoms with Crippen molar-refractivity contribution in [3.8, 4) is 0 Å². The minimum absolute atomic E-state index is 0.0665. The van der Waals surface area contributed by atoms with Gasteiger partial charge in [-0.3, -0.25) is 9.59 Å². The Balaban J connectivity index is 2.02. The summed E-state index contributed by atoms with van der Waals surface area (Å²) in [6.45, 7) is 4.80. The van der Waals surface area contributed by atoms with E-state index in [1.165, 1.54) is 6.92 Å². The van der Waals surface area contributed by atoms with E-state index in [2.05, 4.69) is 21.0 Å². The molecule has 1 unspecified atom stereocenters. The van der Waals surface area contributed by atoms with E-state index in [0.717, 1.165) is 14.4 Å². The molecule has 0 aliphatic carbocycles. The summed E-state index contributed by atoms with van der Waals surface area (Å²) in [5.74, 6) is -0.975. The van der Waals surface area contributed by atoms with Crippen molar-refractivity contribution in [2.75, 3.05) is 18.1 Å². The van der Waals surface area contributed by atoms with Crippen LogP contribution in [-0.2, 0) is 14.3 Å². The van der Waals surface area contributed by atoms with Gasteiger partial charge >= 0.3 is 12.0 Å². The largest absolute Gasteiger partial charge is 0.465 e. The van der Waals surface area contributed by atoms with Crippen molar-refractivity contribution in [3.05, 3.63) is 63.6 Å². The van der Waals surface area contributed by atoms with E-state index >= 15 is 0 Å². The van der Waals surface area contributed by atoms with Crippen molar-refractivity contribution in [2.45, 2.75) is 20.8 Å². The van der Waals surface area contributed by atoms with Gasteiger partial charge in [-0.1, -0.05) is 39.7 Å². The molecule has 2 aromatic carbocycles. The number of halogens is 2. The lowest BCUT2D eigenvalue weighted by atomic mass is 9.82. The summed E-state index contributed by atoms with van der Waals surface area (Å²) in [6, 6.07) is 12.9. The van der Waals surface area contributed by atoms with Gasteiger partial charge in [0.1, 0.15) is 5.41 Å². The van der Waals surface area contributed by atoms with Gasteiger partial charge in [0.05, 0.1) is 24.6 Å². The van der Waals surface area contributed by atoms with Crippen LogP contribution in [0.4, 0.5) is 10.5 Å². The van der Waals surface area contributed by atoms with Crippen LogP contribution in [0, 0.1) is 5.41 Å². The number of carbonyl (C=O) groups excluding carboxylic acids is 3. The summed E-state index contributed by atoms with van der Waals surface area (Å²) < 4.78 is 6.08. The number of anilines is 1. The van der Waals surface area contributed by atoms with Crippen LogP contribution in [0.2, 0.25) is 5.02 Å². The fourth-order valence-corrected chi connectivity index (χ4v) is 3.71. The zero-order chi connectivity index (χ0) is 22.8. The Morgan fingerprint density at radius 2 is 1.77 bits per heavy atom. The summed E-state index contributed by atoms with van der Waals surface area (Å²) in [6.07, 6.45) is 0. The second-order valence-electron chi connectivity index (χ2n) is 7.18. The first-order chi connectivity index (χ1) is 14.7. The van der Waals surface area contributed by atoms with Gasteiger partial charge in [0, 0.05) is 16.4 Å².